The second-order valence-corrected chi connectivity index (χ2v) is 8.59. The van der Waals surface area contributed by atoms with E-state index < -0.39 is 17.5 Å². The van der Waals surface area contributed by atoms with Gasteiger partial charge in [0.15, 0.2) is 6.61 Å². The second-order valence-electron chi connectivity index (χ2n) is 8.59. The minimum absolute atomic E-state index is 0.0281. The quantitative estimate of drug-likeness (QED) is 0.250. The summed E-state index contributed by atoms with van der Waals surface area (Å²) in [5.41, 5.74) is 2.52. The zero-order valence-electron chi connectivity index (χ0n) is 19.5. The summed E-state index contributed by atoms with van der Waals surface area (Å²) >= 11 is 0. The summed E-state index contributed by atoms with van der Waals surface area (Å²) in [6, 6.07) is 6.02. The molecule has 4 rings (SSSR count). The number of carbonyl (C=O) groups excluding carboxylic acids is 2. The Morgan fingerprint density at radius 1 is 1.18 bits per heavy atom. The van der Waals surface area contributed by atoms with Crippen molar-refractivity contribution in [2.45, 2.75) is 39.3 Å². The summed E-state index contributed by atoms with van der Waals surface area (Å²) in [5.74, 6) is -1.10. The van der Waals surface area contributed by atoms with Crippen LogP contribution in [0.2, 0.25) is 0 Å². The lowest BCUT2D eigenvalue weighted by Crippen LogP contribution is -2.36. The lowest BCUT2D eigenvalue weighted by molar-refractivity contribution is -0.384. The number of aryl methyl sites for hydroxylation is 1. The molecule has 2 aliphatic heterocycles. The molecule has 2 fully saturated rings. The Kier molecular flexibility index (Phi) is 7.28. The molecule has 0 radical (unpaired) electrons. The van der Waals surface area contributed by atoms with Gasteiger partial charge in [-0.3, -0.25) is 14.9 Å². The van der Waals surface area contributed by atoms with Crippen molar-refractivity contribution in [1.82, 2.24) is 4.57 Å². The van der Waals surface area contributed by atoms with E-state index in [2.05, 4.69) is 4.57 Å². The maximum absolute atomic E-state index is 12.8. The van der Waals surface area contributed by atoms with Crippen LogP contribution >= 0.6 is 0 Å². The molecule has 34 heavy (non-hydrogen) atoms. The molecule has 2 aromatic rings. The van der Waals surface area contributed by atoms with Gasteiger partial charge >= 0.3 is 5.97 Å². The van der Waals surface area contributed by atoms with Crippen molar-refractivity contribution in [3.8, 4) is 0 Å². The molecule has 182 valence electrons. The number of hydrogen-bond donors (Lipinski definition) is 0. The predicted octanol–water partition coefficient (Wildman–Crippen LogP) is 3.07. The van der Waals surface area contributed by atoms with Crippen LogP contribution in [0.5, 0.6) is 0 Å². The van der Waals surface area contributed by atoms with Crippen LogP contribution in [-0.4, -0.2) is 66.9 Å². The van der Waals surface area contributed by atoms with Crippen LogP contribution in [0.4, 0.5) is 11.4 Å². The Balaban J connectivity index is 1.42. The Morgan fingerprint density at radius 3 is 2.62 bits per heavy atom. The standard InChI is InChI=1S/C24H29N3O7/c1-16-12-20(17(2)26(16)14-19-4-3-9-33-19)23(28)15-34-24(29)18-5-6-21(22(13-18)27(30)31)25-7-10-32-11-8-25/h5-6,12-13,19H,3-4,7-11,14-15H2,1-2H3/t19-/m1/s1. The van der Waals surface area contributed by atoms with Crippen molar-refractivity contribution >= 4 is 23.1 Å². The first-order valence-electron chi connectivity index (χ1n) is 11.4. The van der Waals surface area contributed by atoms with E-state index in [-0.39, 0.29) is 23.1 Å². The topological polar surface area (TPSA) is 113 Å². The summed E-state index contributed by atoms with van der Waals surface area (Å²) in [5, 5.41) is 11.6. The fraction of sp³-hybridized carbons (Fsp3) is 0.500. The summed E-state index contributed by atoms with van der Waals surface area (Å²) in [4.78, 5) is 38.3. The summed E-state index contributed by atoms with van der Waals surface area (Å²) < 4.78 is 18.3. The molecule has 2 aliphatic rings. The highest BCUT2D eigenvalue weighted by molar-refractivity contribution is 6.00. The van der Waals surface area contributed by atoms with Gasteiger partial charge in [-0.25, -0.2) is 4.79 Å². The Hall–Kier alpha value is -3.24. The maximum Gasteiger partial charge on any atom is 0.338 e. The first kappa shape index (κ1) is 23.9. The number of esters is 1. The number of aromatic nitrogens is 1. The summed E-state index contributed by atoms with van der Waals surface area (Å²) in [6.07, 6.45) is 2.17. The van der Waals surface area contributed by atoms with Crippen molar-refractivity contribution in [2.24, 2.45) is 0 Å². The number of nitro benzene ring substituents is 1. The Labute approximate surface area is 197 Å². The van der Waals surface area contributed by atoms with Gasteiger partial charge in [-0.2, -0.15) is 0 Å². The highest BCUT2D eigenvalue weighted by Crippen LogP contribution is 2.30. The fourth-order valence-corrected chi connectivity index (χ4v) is 4.52. The first-order valence-corrected chi connectivity index (χ1v) is 11.4. The molecule has 0 spiro atoms. The fourth-order valence-electron chi connectivity index (χ4n) is 4.52. The number of carbonyl (C=O) groups is 2. The molecule has 10 nitrogen and oxygen atoms in total. The zero-order chi connectivity index (χ0) is 24.2. The number of nitro groups is 1. The average Bonchev–Trinajstić information content (AvgIpc) is 3.46. The third-order valence-electron chi connectivity index (χ3n) is 6.38. The van der Waals surface area contributed by atoms with Gasteiger partial charge < -0.3 is 23.7 Å². The van der Waals surface area contributed by atoms with Crippen LogP contribution in [0, 0.1) is 24.0 Å². The zero-order valence-corrected chi connectivity index (χ0v) is 19.5. The smallest absolute Gasteiger partial charge is 0.338 e. The van der Waals surface area contributed by atoms with E-state index in [1.54, 1.807) is 12.1 Å². The lowest BCUT2D eigenvalue weighted by Gasteiger charge is -2.28. The van der Waals surface area contributed by atoms with E-state index in [1.165, 1.54) is 12.1 Å². The molecule has 0 amide bonds. The van der Waals surface area contributed by atoms with Crippen LogP contribution in [0.1, 0.15) is 44.9 Å². The number of anilines is 1. The lowest BCUT2D eigenvalue weighted by atomic mass is 10.1. The number of rotatable bonds is 8. The number of hydrogen-bond acceptors (Lipinski definition) is 8. The number of Topliss-reactive ketones (excluding diaryl/α,β-unsaturated/α-hetero) is 1. The van der Waals surface area contributed by atoms with Crippen LogP contribution < -0.4 is 4.90 Å². The monoisotopic (exact) mass is 471 g/mol. The van der Waals surface area contributed by atoms with Gasteiger partial charge in [-0.1, -0.05) is 0 Å². The molecule has 1 atom stereocenters. The van der Waals surface area contributed by atoms with Crippen LogP contribution in [0.15, 0.2) is 24.3 Å². The van der Waals surface area contributed by atoms with Gasteiger partial charge in [0.2, 0.25) is 5.78 Å². The summed E-state index contributed by atoms with van der Waals surface area (Å²) in [7, 11) is 0. The molecule has 0 aliphatic carbocycles. The Bertz CT molecular complexity index is 1080. The van der Waals surface area contributed by atoms with Gasteiger partial charge in [0.05, 0.1) is 29.8 Å². The molecule has 10 heteroatoms. The number of morpholine rings is 1. The van der Waals surface area contributed by atoms with E-state index in [1.807, 2.05) is 18.7 Å². The van der Waals surface area contributed by atoms with Gasteiger partial charge in [-0.05, 0) is 44.9 Å². The van der Waals surface area contributed by atoms with Gasteiger partial charge in [-0.15, -0.1) is 0 Å². The van der Waals surface area contributed by atoms with E-state index in [0.29, 0.717) is 44.1 Å². The normalized spacial score (nSPS) is 18.2. The molecule has 0 N–H and O–H groups in total. The number of ether oxygens (including phenoxy) is 3. The largest absolute Gasteiger partial charge is 0.454 e. The van der Waals surface area contributed by atoms with Gasteiger partial charge in [0, 0.05) is 49.3 Å². The molecular formula is C24H29N3O7. The summed E-state index contributed by atoms with van der Waals surface area (Å²) in [6.45, 7) is 6.83. The SMILES string of the molecule is Cc1cc(C(=O)COC(=O)c2ccc(N3CCOCC3)c([N+](=O)[O-])c2)c(C)n1C[C@H]1CCCO1. The first-order chi connectivity index (χ1) is 16.3. The number of nitrogens with zero attached hydrogens (tertiary/aromatic N) is 3. The van der Waals surface area contributed by atoms with Crippen LogP contribution in [0.25, 0.3) is 0 Å². The Morgan fingerprint density at radius 2 is 1.94 bits per heavy atom. The van der Waals surface area contributed by atoms with Gasteiger partial charge in [0.1, 0.15) is 5.69 Å². The minimum atomic E-state index is -0.779. The van der Waals surface area contributed by atoms with Gasteiger partial charge in [0.25, 0.3) is 5.69 Å². The van der Waals surface area contributed by atoms with Crippen LogP contribution in [-0.2, 0) is 20.8 Å². The molecular weight excluding hydrogens is 442 g/mol. The number of ketones is 1. The molecule has 0 unspecified atom stereocenters. The predicted molar refractivity (Wildman–Crippen MR) is 124 cm³/mol. The van der Waals surface area contributed by atoms with E-state index in [9.17, 15) is 19.7 Å². The van der Waals surface area contributed by atoms with E-state index in [4.69, 9.17) is 14.2 Å². The van der Waals surface area contributed by atoms with Crippen molar-refractivity contribution in [2.75, 3.05) is 44.4 Å². The third kappa shape index (κ3) is 5.13. The highest BCUT2D eigenvalue weighted by Gasteiger charge is 2.25. The molecule has 0 saturated carbocycles. The molecule has 2 saturated heterocycles. The molecule has 1 aromatic carbocycles. The average molecular weight is 472 g/mol. The molecule has 1 aromatic heterocycles. The van der Waals surface area contributed by atoms with Crippen molar-refractivity contribution in [3.05, 3.63) is 56.9 Å². The molecule has 3 heterocycles. The van der Waals surface area contributed by atoms with Crippen molar-refractivity contribution < 1.29 is 28.7 Å². The van der Waals surface area contributed by atoms with Crippen molar-refractivity contribution in [1.29, 1.82) is 0 Å². The van der Waals surface area contributed by atoms with Crippen LogP contribution in [0.3, 0.4) is 0 Å². The minimum Gasteiger partial charge on any atom is -0.454 e. The maximum atomic E-state index is 12.8. The van der Waals surface area contributed by atoms with E-state index >= 15 is 0 Å². The van der Waals surface area contributed by atoms with E-state index in [0.717, 1.165) is 30.8 Å². The van der Waals surface area contributed by atoms with Crippen molar-refractivity contribution in [3.63, 3.8) is 0 Å². The highest BCUT2D eigenvalue weighted by atomic mass is 16.6. The molecule has 0 bridgehead atoms. The number of benzene rings is 1. The second kappa shape index (κ2) is 10.4. The third-order valence-corrected chi connectivity index (χ3v) is 6.38.